The van der Waals surface area contributed by atoms with E-state index in [1.54, 1.807) is 0 Å². The highest BCUT2D eigenvalue weighted by molar-refractivity contribution is 5.45. The van der Waals surface area contributed by atoms with E-state index in [9.17, 15) is 0 Å². The first-order chi connectivity index (χ1) is 8.88. The molecule has 0 aromatic heterocycles. The zero-order valence-corrected chi connectivity index (χ0v) is 12.0. The van der Waals surface area contributed by atoms with Crippen molar-refractivity contribution in [3.63, 3.8) is 0 Å². The van der Waals surface area contributed by atoms with E-state index in [0.29, 0.717) is 0 Å². The monoisotopic (exact) mass is 248 g/mol. The van der Waals surface area contributed by atoms with Crippen LogP contribution < -0.4 is 10.2 Å². The molecule has 2 heteroatoms. The summed E-state index contributed by atoms with van der Waals surface area (Å²) in [6, 6.07) is 10.7. The maximum Gasteiger partial charge on any atom is 0.0366 e. The van der Waals surface area contributed by atoms with E-state index in [1.165, 1.54) is 44.5 Å². The third-order valence-corrected chi connectivity index (χ3v) is 3.21. The molecule has 0 spiro atoms. The Hall–Kier alpha value is -1.02. The molecule has 0 radical (unpaired) electrons. The van der Waals surface area contributed by atoms with Crippen molar-refractivity contribution in [2.45, 2.75) is 39.5 Å². The van der Waals surface area contributed by atoms with Crippen LogP contribution in [0.5, 0.6) is 0 Å². The Bertz CT molecular complexity index is 284. The molecule has 2 nitrogen and oxygen atoms in total. The molecule has 0 atom stereocenters. The van der Waals surface area contributed by atoms with E-state index >= 15 is 0 Å². The van der Waals surface area contributed by atoms with Gasteiger partial charge in [-0.2, -0.15) is 0 Å². The molecule has 102 valence electrons. The second-order valence-corrected chi connectivity index (χ2v) is 4.73. The van der Waals surface area contributed by atoms with Crippen molar-refractivity contribution < 1.29 is 0 Å². The van der Waals surface area contributed by atoms with Gasteiger partial charge in [-0.1, -0.05) is 31.5 Å². The van der Waals surface area contributed by atoms with Crippen LogP contribution in [0.3, 0.4) is 0 Å². The fourth-order valence-electron chi connectivity index (χ4n) is 2.14. The van der Waals surface area contributed by atoms with Gasteiger partial charge in [0.25, 0.3) is 0 Å². The van der Waals surface area contributed by atoms with Gasteiger partial charge in [0.2, 0.25) is 0 Å². The lowest BCUT2D eigenvalue weighted by atomic mass is 10.2. The van der Waals surface area contributed by atoms with Gasteiger partial charge in [0, 0.05) is 18.8 Å². The predicted octanol–water partition coefficient (Wildman–Crippen LogP) is 3.68. The molecule has 0 amide bonds. The van der Waals surface area contributed by atoms with Gasteiger partial charge in [0.05, 0.1) is 0 Å². The first-order valence-electron chi connectivity index (χ1n) is 7.39. The molecule has 0 saturated carbocycles. The molecule has 1 N–H and O–H groups in total. The molecule has 0 bridgehead atoms. The van der Waals surface area contributed by atoms with Crippen molar-refractivity contribution in [1.82, 2.24) is 5.32 Å². The molecule has 0 aliphatic rings. The Balaban J connectivity index is 2.13. The normalized spacial score (nSPS) is 10.6. The van der Waals surface area contributed by atoms with E-state index in [4.69, 9.17) is 0 Å². The van der Waals surface area contributed by atoms with Crippen LogP contribution in [0.4, 0.5) is 5.69 Å². The number of hydrogen-bond donors (Lipinski definition) is 1. The zero-order valence-electron chi connectivity index (χ0n) is 12.0. The van der Waals surface area contributed by atoms with Gasteiger partial charge in [-0.25, -0.2) is 0 Å². The summed E-state index contributed by atoms with van der Waals surface area (Å²) in [5, 5.41) is 3.46. The second-order valence-electron chi connectivity index (χ2n) is 4.73. The minimum absolute atomic E-state index is 1.10. The Labute approximate surface area is 112 Å². The number of nitrogens with one attached hydrogen (secondary N) is 1. The largest absolute Gasteiger partial charge is 0.372 e. The molecule has 0 heterocycles. The van der Waals surface area contributed by atoms with Crippen LogP contribution in [0.15, 0.2) is 30.3 Å². The maximum atomic E-state index is 3.46. The summed E-state index contributed by atoms with van der Waals surface area (Å²) < 4.78 is 0. The number of para-hydroxylation sites is 1. The standard InChI is InChI=1S/C16H28N2/c1-3-13-17-14-9-6-10-15-18(4-2)16-11-7-5-8-12-16/h5,7-8,11-12,17H,3-4,6,9-10,13-15H2,1-2H3. The van der Waals surface area contributed by atoms with Gasteiger partial charge in [0.1, 0.15) is 0 Å². The summed E-state index contributed by atoms with van der Waals surface area (Å²) in [5.74, 6) is 0. The van der Waals surface area contributed by atoms with Gasteiger partial charge in [-0.15, -0.1) is 0 Å². The van der Waals surface area contributed by atoms with E-state index in [1.807, 2.05) is 0 Å². The van der Waals surface area contributed by atoms with E-state index in [-0.39, 0.29) is 0 Å². The SMILES string of the molecule is CCCNCCCCCN(CC)c1ccccc1. The number of anilines is 1. The van der Waals surface area contributed by atoms with Crippen LogP contribution in [-0.4, -0.2) is 26.2 Å². The van der Waals surface area contributed by atoms with Gasteiger partial charge in [-0.3, -0.25) is 0 Å². The molecule has 18 heavy (non-hydrogen) atoms. The van der Waals surface area contributed by atoms with Gasteiger partial charge in [-0.05, 0) is 51.4 Å². The average molecular weight is 248 g/mol. The second kappa shape index (κ2) is 9.95. The molecule has 1 rings (SSSR count). The predicted molar refractivity (Wildman–Crippen MR) is 81.3 cm³/mol. The Kier molecular flexibility index (Phi) is 8.32. The minimum Gasteiger partial charge on any atom is -0.372 e. The highest BCUT2D eigenvalue weighted by atomic mass is 15.1. The minimum atomic E-state index is 1.10. The molecular formula is C16H28N2. The smallest absolute Gasteiger partial charge is 0.0366 e. The number of rotatable bonds is 10. The molecule has 0 unspecified atom stereocenters. The van der Waals surface area contributed by atoms with E-state index in [2.05, 4.69) is 54.4 Å². The zero-order chi connectivity index (χ0) is 13.1. The van der Waals surface area contributed by atoms with Crippen molar-refractivity contribution in [3.05, 3.63) is 30.3 Å². The number of hydrogen-bond acceptors (Lipinski definition) is 2. The topological polar surface area (TPSA) is 15.3 Å². The van der Waals surface area contributed by atoms with Crippen molar-refractivity contribution in [1.29, 1.82) is 0 Å². The highest BCUT2D eigenvalue weighted by Gasteiger charge is 2.02. The number of benzene rings is 1. The molecule has 1 aromatic rings. The van der Waals surface area contributed by atoms with Crippen molar-refractivity contribution in [3.8, 4) is 0 Å². The summed E-state index contributed by atoms with van der Waals surface area (Å²) >= 11 is 0. The van der Waals surface area contributed by atoms with Crippen LogP contribution >= 0.6 is 0 Å². The van der Waals surface area contributed by atoms with Gasteiger partial charge in [0.15, 0.2) is 0 Å². The maximum absolute atomic E-state index is 3.46. The first kappa shape index (κ1) is 15.0. The van der Waals surface area contributed by atoms with Gasteiger partial charge >= 0.3 is 0 Å². The quantitative estimate of drug-likeness (QED) is 0.635. The van der Waals surface area contributed by atoms with Crippen molar-refractivity contribution in [2.24, 2.45) is 0 Å². The average Bonchev–Trinajstić information content (AvgIpc) is 2.43. The molecule has 1 aromatic carbocycles. The fourth-order valence-corrected chi connectivity index (χ4v) is 2.14. The molecule has 0 saturated heterocycles. The van der Waals surface area contributed by atoms with E-state index in [0.717, 1.165) is 13.1 Å². The van der Waals surface area contributed by atoms with Crippen LogP contribution in [0.25, 0.3) is 0 Å². The Morgan fingerprint density at radius 3 is 2.39 bits per heavy atom. The molecule has 0 aliphatic carbocycles. The van der Waals surface area contributed by atoms with Crippen LogP contribution in [-0.2, 0) is 0 Å². The molecule has 0 aliphatic heterocycles. The van der Waals surface area contributed by atoms with Crippen molar-refractivity contribution in [2.75, 3.05) is 31.1 Å². The molecule has 0 fully saturated rings. The number of nitrogens with zero attached hydrogens (tertiary/aromatic N) is 1. The lowest BCUT2D eigenvalue weighted by molar-refractivity contribution is 0.594. The third kappa shape index (κ3) is 6.06. The van der Waals surface area contributed by atoms with Crippen LogP contribution in [0.1, 0.15) is 39.5 Å². The van der Waals surface area contributed by atoms with Crippen molar-refractivity contribution >= 4 is 5.69 Å². The summed E-state index contributed by atoms with van der Waals surface area (Å²) in [5.41, 5.74) is 1.35. The Morgan fingerprint density at radius 1 is 0.944 bits per heavy atom. The fraction of sp³-hybridized carbons (Fsp3) is 0.625. The summed E-state index contributed by atoms with van der Waals surface area (Å²) in [6.45, 7) is 9.05. The van der Waals surface area contributed by atoms with E-state index < -0.39 is 0 Å². The lowest BCUT2D eigenvalue weighted by Gasteiger charge is -2.23. The highest BCUT2D eigenvalue weighted by Crippen LogP contribution is 2.13. The summed E-state index contributed by atoms with van der Waals surface area (Å²) in [7, 11) is 0. The summed E-state index contributed by atoms with van der Waals surface area (Å²) in [6.07, 6.45) is 5.14. The number of unbranched alkanes of at least 4 members (excludes halogenated alkanes) is 2. The van der Waals surface area contributed by atoms with Gasteiger partial charge < -0.3 is 10.2 Å². The summed E-state index contributed by atoms with van der Waals surface area (Å²) in [4.78, 5) is 2.46. The van der Waals surface area contributed by atoms with Crippen LogP contribution in [0.2, 0.25) is 0 Å². The first-order valence-corrected chi connectivity index (χ1v) is 7.39. The third-order valence-electron chi connectivity index (χ3n) is 3.21. The molecular weight excluding hydrogens is 220 g/mol. The van der Waals surface area contributed by atoms with Crippen LogP contribution in [0, 0.1) is 0 Å². The lowest BCUT2D eigenvalue weighted by Crippen LogP contribution is -2.24. The Morgan fingerprint density at radius 2 is 1.72 bits per heavy atom.